The Bertz CT molecular complexity index is 627. The molecule has 0 radical (unpaired) electrons. The number of carbonyl (C=O) groups is 1. The standard InChI is InChI=1S/C17H17ClFNO/c1-12(14-4-3-5-15(18)11-14)20(2)17(21)10-13-6-8-16(19)9-7-13/h3-9,11-12H,10H2,1-2H3. The zero-order chi connectivity index (χ0) is 15.4. The molecule has 0 N–H and O–H groups in total. The van der Waals surface area contributed by atoms with E-state index in [2.05, 4.69) is 0 Å². The van der Waals surface area contributed by atoms with E-state index < -0.39 is 0 Å². The summed E-state index contributed by atoms with van der Waals surface area (Å²) >= 11 is 5.98. The van der Waals surface area contributed by atoms with E-state index in [1.807, 2.05) is 25.1 Å². The Morgan fingerprint density at radius 1 is 1.24 bits per heavy atom. The van der Waals surface area contributed by atoms with Crippen LogP contribution in [0.2, 0.25) is 5.02 Å². The van der Waals surface area contributed by atoms with E-state index in [4.69, 9.17) is 11.6 Å². The van der Waals surface area contributed by atoms with Crippen molar-refractivity contribution in [3.8, 4) is 0 Å². The van der Waals surface area contributed by atoms with E-state index >= 15 is 0 Å². The Morgan fingerprint density at radius 3 is 2.52 bits per heavy atom. The largest absolute Gasteiger partial charge is 0.339 e. The van der Waals surface area contributed by atoms with Crippen LogP contribution >= 0.6 is 11.6 Å². The number of likely N-dealkylation sites (N-methyl/N-ethyl adjacent to an activating group) is 1. The minimum Gasteiger partial charge on any atom is -0.339 e. The van der Waals surface area contributed by atoms with E-state index in [0.29, 0.717) is 5.02 Å². The zero-order valence-electron chi connectivity index (χ0n) is 12.0. The van der Waals surface area contributed by atoms with Gasteiger partial charge >= 0.3 is 0 Å². The monoisotopic (exact) mass is 305 g/mol. The van der Waals surface area contributed by atoms with Gasteiger partial charge in [-0.05, 0) is 42.3 Å². The van der Waals surface area contributed by atoms with Gasteiger partial charge in [-0.2, -0.15) is 0 Å². The fourth-order valence-corrected chi connectivity index (χ4v) is 2.31. The fourth-order valence-electron chi connectivity index (χ4n) is 2.11. The summed E-state index contributed by atoms with van der Waals surface area (Å²) in [4.78, 5) is 14.0. The molecule has 2 rings (SSSR count). The molecule has 21 heavy (non-hydrogen) atoms. The van der Waals surface area contributed by atoms with Crippen molar-refractivity contribution in [1.82, 2.24) is 4.90 Å². The highest BCUT2D eigenvalue weighted by Gasteiger charge is 2.17. The van der Waals surface area contributed by atoms with E-state index in [-0.39, 0.29) is 24.2 Å². The molecule has 0 saturated heterocycles. The number of carbonyl (C=O) groups excluding carboxylic acids is 1. The van der Waals surface area contributed by atoms with Crippen molar-refractivity contribution in [2.24, 2.45) is 0 Å². The van der Waals surface area contributed by atoms with E-state index in [0.717, 1.165) is 11.1 Å². The van der Waals surface area contributed by atoms with Gasteiger partial charge in [-0.1, -0.05) is 35.9 Å². The predicted octanol–water partition coefficient (Wildman–Crippen LogP) is 4.24. The van der Waals surface area contributed by atoms with Crippen LogP contribution in [-0.4, -0.2) is 17.9 Å². The van der Waals surface area contributed by atoms with Crippen LogP contribution in [0.3, 0.4) is 0 Å². The molecule has 0 aromatic heterocycles. The average Bonchev–Trinajstić information content (AvgIpc) is 2.48. The lowest BCUT2D eigenvalue weighted by Gasteiger charge is -2.25. The first-order valence-electron chi connectivity index (χ1n) is 6.73. The number of benzene rings is 2. The minimum absolute atomic E-state index is 0.0194. The molecule has 2 aromatic carbocycles. The Hall–Kier alpha value is -1.87. The molecule has 0 heterocycles. The Balaban J connectivity index is 2.06. The van der Waals surface area contributed by atoms with Gasteiger partial charge in [-0.25, -0.2) is 4.39 Å². The molecule has 110 valence electrons. The highest BCUT2D eigenvalue weighted by molar-refractivity contribution is 6.30. The first-order valence-corrected chi connectivity index (χ1v) is 7.10. The van der Waals surface area contributed by atoms with Crippen molar-refractivity contribution in [2.45, 2.75) is 19.4 Å². The van der Waals surface area contributed by atoms with Crippen molar-refractivity contribution in [3.63, 3.8) is 0 Å². The first kappa shape index (κ1) is 15.5. The molecule has 0 fully saturated rings. The second-order valence-corrected chi connectivity index (χ2v) is 5.48. The minimum atomic E-state index is -0.299. The summed E-state index contributed by atoms with van der Waals surface area (Å²) in [5, 5.41) is 0.652. The van der Waals surface area contributed by atoms with Crippen LogP contribution in [0.15, 0.2) is 48.5 Å². The van der Waals surface area contributed by atoms with E-state index in [1.165, 1.54) is 12.1 Å². The number of rotatable bonds is 4. The smallest absolute Gasteiger partial charge is 0.227 e. The molecule has 2 aromatic rings. The van der Waals surface area contributed by atoms with Crippen LogP contribution in [0.5, 0.6) is 0 Å². The number of halogens is 2. The van der Waals surface area contributed by atoms with Gasteiger partial charge in [-0.3, -0.25) is 4.79 Å². The van der Waals surface area contributed by atoms with Crippen LogP contribution in [0.4, 0.5) is 4.39 Å². The van der Waals surface area contributed by atoms with Gasteiger partial charge in [0.15, 0.2) is 0 Å². The lowest BCUT2D eigenvalue weighted by molar-refractivity contribution is -0.131. The Kier molecular flexibility index (Phi) is 4.97. The predicted molar refractivity (Wildman–Crippen MR) is 82.7 cm³/mol. The van der Waals surface area contributed by atoms with Gasteiger partial charge in [-0.15, -0.1) is 0 Å². The maximum Gasteiger partial charge on any atom is 0.227 e. The van der Waals surface area contributed by atoms with Crippen molar-refractivity contribution in [3.05, 3.63) is 70.5 Å². The van der Waals surface area contributed by atoms with Gasteiger partial charge < -0.3 is 4.90 Å². The van der Waals surface area contributed by atoms with Crippen molar-refractivity contribution < 1.29 is 9.18 Å². The highest BCUT2D eigenvalue weighted by atomic mass is 35.5. The third-order valence-corrected chi connectivity index (χ3v) is 3.81. The average molecular weight is 306 g/mol. The number of nitrogens with zero attached hydrogens (tertiary/aromatic N) is 1. The maximum absolute atomic E-state index is 12.9. The molecule has 0 aliphatic rings. The molecule has 2 nitrogen and oxygen atoms in total. The molecular weight excluding hydrogens is 289 g/mol. The summed E-state index contributed by atoms with van der Waals surface area (Å²) in [6.07, 6.45) is 0.252. The van der Waals surface area contributed by atoms with E-state index in [9.17, 15) is 9.18 Å². The molecule has 0 aliphatic heterocycles. The third-order valence-electron chi connectivity index (χ3n) is 3.57. The molecule has 0 saturated carbocycles. The summed E-state index contributed by atoms with van der Waals surface area (Å²) in [5.74, 6) is -0.319. The SMILES string of the molecule is CC(c1cccc(Cl)c1)N(C)C(=O)Cc1ccc(F)cc1. The van der Waals surface area contributed by atoms with Gasteiger partial charge in [0.25, 0.3) is 0 Å². The van der Waals surface area contributed by atoms with Gasteiger partial charge in [0.1, 0.15) is 5.82 Å². The van der Waals surface area contributed by atoms with Gasteiger partial charge in [0, 0.05) is 12.1 Å². The molecule has 4 heteroatoms. The van der Waals surface area contributed by atoms with Crippen LogP contribution in [0.1, 0.15) is 24.1 Å². The summed E-state index contributed by atoms with van der Waals surface area (Å²) in [6, 6.07) is 13.4. The molecule has 1 unspecified atom stereocenters. The van der Waals surface area contributed by atoms with Crippen LogP contribution in [-0.2, 0) is 11.2 Å². The van der Waals surface area contributed by atoms with Crippen molar-refractivity contribution >= 4 is 17.5 Å². The number of amides is 1. The van der Waals surface area contributed by atoms with Crippen LogP contribution in [0.25, 0.3) is 0 Å². The van der Waals surface area contributed by atoms with E-state index in [1.54, 1.807) is 30.1 Å². The molecule has 1 amide bonds. The second kappa shape index (κ2) is 6.72. The summed E-state index contributed by atoms with van der Waals surface area (Å²) in [5.41, 5.74) is 1.78. The normalized spacial score (nSPS) is 12.0. The molecular formula is C17H17ClFNO. The number of hydrogen-bond donors (Lipinski definition) is 0. The van der Waals surface area contributed by atoms with Crippen molar-refractivity contribution in [2.75, 3.05) is 7.05 Å². The van der Waals surface area contributed by atoms with Crippen LogP contribution in [0, 0.1) is 5.82 Å². The molecule has 0 bridgehead atoms. The maximum atomic E-state index is 12.9. The lowest BCUT2D eigenvalue weighted by atomic mass is 10.1. The summed E-state index contributed by atoms with van der Waals surface area (Å²) in [7, 11) is 1.76. The second-order valence-electron chi connectivity index (χ2n) is 5.04. The number of hydrogen-bond acceptors (Lipinski definition) is 1. The summed E-state index contributed by atoms with van der Waals surface area (Å²) < 4.78 is 12.9. The fraction of sp³-hybridized carbons (Fsp3) is 0.235. The third kappa shape index (κ3) is 4.05. The molecule has 0 spiro atoms. The lowest BCUT2D eigenvalue weighted by Crippen LogP contribution is -2.30. The molecule has 1 atom stereocenters. The topological polar surface area (TPSA) is 20.3 Å². The quantitative estimate of drug-likeness (QED) is 0.827. The van der Waals surface area contributed by atoms with Crippen molar-refractivity contribution in [1.29, 1.82) is 0 Å². The highest BCUT2D eigenvalue weighted by Crippen LogP contribution is 2.22. The zero-order valence-corrected chi connectivity index (χ0v) is 12.8. The Labute approximate surface area is 129 Å². The Morgan fingerprint density at radius 2 is 1.90 bits per heavy atom. The molecule has 0 aliphatic carbocycles. The van der Waals surface area contributed by atoms with Gasteiger partial charge in [0.2, 0.25) is 5.91 Å². The first-order chi connectivity index (χ1) is 9.97. The van der Waals surface area contributed by atoms with Crippen LogP contribution < -0.4 is 0 Å². The summed E-state index contributed by atoms with van der Waals surface area (Å²) in [6.45, 7) is 1.95. The van der Waals surface area contributed by atoms with Gasteiger partial charge in [0.05, 0.1) is 12.5 Å².